The normalized spacial score (nSPS) is 17.9. The van der Waals surface area contributed by atoms with E-state index in [-0.39, 0.29) is 0 Å². The highest BCUT2D eigenvalue weighted by Gasteiger charge is 2.27. The molecule has 1 N–H and O–H groups in total. The van der Waals surface area contributed by atoms with Gasteiger partial charge in [-0.05, 0) is 30.7 Å². The molecular weight excluding hydrogens is 292 g/mol. The number of carboxylic acid groups (broad SMARTS) is 1. The Hall–Kier alpha value is -1.53. The highest BCUT2D eigenvalue weighted by molar-refractivity contribution is 8.00. The van der Waals surface area contributed by atoms with Gasteiger partial charge in [0, 0.05) is 18.0 Å². The number of carboxylic acids is 1. The Labute approximate surface area is 125 Å². The van der Waals surface area contributed by atoms with Crippen LogP contribution in [-0.2, 0) is 0 Å². The molecule has 0 saturated carbocycles. The summed E-state index contributed by atoms with van der Waals surface area (Å²) in [6.45, 7) is 3.06. The highest BCUT2D eigenvalue weighted by Crippen LogP contribution is 2.43. The summed E-state index contributed by atoms with van der Waals surface area (Å²) in [5.41, 5.74) is 1.07. The Morgan fingerprint density at radius 1 is 1.50 bits per heavy atom. The molecule has 3 heterocycles. The van der Waals surface area contributed by atoms with Gasteiger partial charge in [-0.1, -0.05) is 18.7 Å². The Bertz CT molecular complexity index is 642. The fraction of sp³-hybridized carbons (Fsp3) is 0.286. The van der Waals surface area contributed by atoms with E-state index in [4.69, 9.17) is 5.11 Å². The minimum Gasteiger partial charge on any atom is -0.477 e. The number of carbonyl (C=O) groups is 1. The van der Waals surface area contributed by atoms with Crippen LogP contribution in [0.25, 0.3) is 0 Å². The molecule has 3 rings (SSSR count). The van der Waals surface area contributed by atoms with E-state index in [2.05, 4.69) is 16.8 Å². The summed E-state index contributed by atoms with van der Waals surface area (Å²) in [6.07, 6.45) is 2.87. The number of anilines is 2. The van der Waals surface area contributed by atoms with Crippen LogP contribution in [0.1, 0.15) is 23.0 Å². The molecule has 0 fully saturated rings. The number of nitrogens with zero attached hydrogens (tertiary/aromatic N) is 2. The molecule has 1 aliphatic rings. The van der Waals surface area contributed by atoms with Gasteiger partial charge < -0.3 is 10.0 Å². The molecule has 4 nitrogen and oxygen atoms in total. The maximum Gasteiger partial charge on any atom is 0.345 e. The maximum atomic E-state index is 11.0. The van der Waals surface area contributed by atoms with E-state index in [0.717, 1.165) is 28.7 Å². The molecule has 6 heteroatoms. The van der Waals surface area contributed by atoms with Crippen molar-refractivity contribution in [3.05, 3.63) is 35.3 Å². The first-order chi connectivity index (χ1) is 9.69. The van der Waals surface area contributed by atoms with Gasteiger partial charge in [0.2, 0.25) is 0 Å². The van der Waals surface area contributed by atoms with E-state index >= 15 is 0 Å². The lowest BCUT2D eigenvalue weighted by Gasteiger charge is -2.33. The fourth-order valence-corrected chi connectivity index (χ4v) is 4.18. The van der Waals surface area contributed by atoms with E-state index < -0.39 is 5.97 Å². The molecule has 1 unspecified atom stereocenters. The lowest BCUT2D eigenvalue weighted by Crippen LogP contribution is -2.30. The van der Waals surface area contributed by atoms with Gasteiger partial charge in [0.25, 0.3) is 0 Å². The topological polar surface area (TPSA) is 53.4 Å². The first-order valence-corrected chi connectivity index (χ1v) is 8.11. The van der Waals surface area contributed by atoms with Crippen LogP contribution in [0.4, 0.5) is 10.7 Å². The summed E-state index contributed by atoms with van der Waals surface area (Å²) in [5.74, 6) is -0.869. The van der Waals surface area contributed by atoms with Crippen molar-refractivity contribution >= 4 is 39.8 Å². The molecule has 0 aromatic carbocycles. The zero-order valence-corrected chi connectivity index (χ0v) is 12.6. The smallest absolute Gasteiger partial charge is 0.345 e. The second-order valence-electron chi connectivity index (χ2n) is 4.53. The monoisotopic (exact) mass is 306 g/mol. The third-order valence-electron chi connectivity index (χ3n) is 3.23. The van der Waals surface area contributed by atoms with Crippen molar-refractivity contribution in [3.8, 4) is 0 Å². The molecule has 0 spiro atoms. The molecule has 1 aliphatic heterocycles. The number of hydrogen-bond acceptors (Lipinski definition) is 5. The number of thiophene rings is 1. The summed E-state index contributed by atoms with van der Waals surface area (Å²) in [5, 5.41) is 11.5. The summed E-state index contributed by atoms with van der Waals surface area (Å²) < 4.78 is 0. The zero-order valence-electron chi connectivity index (χ0n) is 10.9. The standard InChI is InChI=1S/C14H14N2O2S2/c1-2-9-8-16(10-4-3-7-15-13(10)19-9)12-6-5-11(20-12)14(17)18/h3-7,9H,2,8H2,1H3,(H,17,18). The van der Waals surface area contributed by atoms with Gasteiger partial charge in [0.1, 0.15) is 9.90 Å². The minimum atomic E-state index is -0.869. The fourth-order valence-electron chi connectivity index (χ4n) is 2.18. The van der Waals surface area contributed by atoms with Gasteiger partial charge in [0.15, 0.2) is 0 Å². The van der Waals surface area contributed by atoms with Gasteiger partial charge in [-0.15, -0.1) is 11.3 Å². The predicted octanol–water partition coefficient (Wildman–Crippen LogP) is 3.86. The average Bonchev–Trinajstić information content (AvgIpc) is 2.96. The Kier molecular flexibility index (Phi) is 3.67. The SMILES string of the molecule is CCC1CN(c2ccc(C(=O)O)s2)c2cccnc2S1. The van der Waals surface area contributed by atoms with Crippen molar-refractivity contribution in [2.45, 2.75) is 23.6 Å². The first kappa shape index (κ1) is 13.5. The molecule has 1 atom stereocenters. The van der Waals surface area contributed by atoms with E-state index in [9.17, 15) is 4.79 Å². The lowest BCUT2D eigenvalue weighted by molar-refractivity contribution is 0.0702. The Morgan fingerprint density at radius 3 is 3.05 bits per heavy atom. The van der Waals surface area contributed by atoms with Crippen LogP contribution in [0.15, 0.2) is 35.5 Å². The third kappa shape index (κ3) is 2.41. The molecule has 0 radical (unpaired) electrons. The van der Waals surface area contributed by atoms with Crippen molar-refractivity contribution in [1.29, 1.82) is 0 Å². The Morgan fingerprint density at radius 2 is 2.35 bits per heavy atom. The largest absolute Gasteiger partial charge is 0.477 e. The molecule has 2 aromatic rings. The quantitative estimate of drug-likeness (QED) is 0.933. The average molecular weight is 306 g/mol. The van der Waals surface area contributed by atoms with Crippen molar-refractivity contribution in [1.82, 2.24) is 4.98 Å². The van der Waals surface area contributed by atoms with Crippen LogP contribution in [0.3, 0.4) is 0 Å². The summed E-state index contributed by atoms with van der Waals surface area (Å²) in [7, 11) is 0. The van der Waals surface area contributed by atoms with E-state index in [1.807, 2.05) is 18.2 Å². The summed E-state index contributed by atoms with van der Waals surface area (Å²) >= 11 is 3.12. The second-order valence-corrected chi connectivity index (χ2v) is 6.88. The molecule has 0 aliphatic carbocycles. The van der Waals surface area contributed by atoms with E-state index in [1.54, 1.807) is 24.0 Å². The maximum absolute atomic E-state index is 11.0. The molecule has 0 amide bonds. The van der Waals surface area contributed by atoms with Crippen molar-refractivity contribution in [2.75, 3.05) is 11.4 Å². The third-order valence-corrected chi connectivity index (χ3v) is 5.68. The number of hydrogen-bond donors (Lipinski definition) is 1. The van der Waals surface area contributed by atoms with Crippen LogP contribution in [0, 0.1) is 0 Å². The lowest BCUT2D eigenvalue weighted by atomic mass is 10.2. The molecule has 2 aromatic heterocycles. The second kappa shape index (κ2) is 5.46. The first-order valence-electron chi connectivity index (χ1n) is 6.41. The van der Waals surface area contributed by atoms with Gasteiger partial charge in [-0.3, -0.25) is 0 Å². The van der Waals surface area contributed by atoms with Crippen LogP contribution in [0.2, 0.25) is 0 Å². The summed E-state index contributed by atoms with van der Waals surface area (Å²) in [6, 6.07) is 7.51. The summed E-state index contributed by atoms with van der Waals surface area (Å²) in [4.78, 5) is 18.0. The number of pyridine rings is 1. The molecule has 20 heavy (non-hydrogen) atoms. The predicted molar refractivity (Wildman–Crippen MR) is 82.5 cm³/mol. The van der Waals surface area contributed by atoms with E-state index in [0.29, 0.717) is 10.1 Å². The van der Waals surface area contributed by atoms with Crippen molar-refractivity contribution in [2.24, 2.45) is 0 Å². The number of rotatable bonds is 3. The van der Waals surface area contributed by atoms with Crippen molar-refractivity contribution in [3.63, 3.8) is 0 Å². The number of aromatic carboxylic acids is 1. The van der Waals surface area contributed by atoms with Crippen LogP contribution in [0.5, 0.6) is 0 Å². The number of aromatic nitrogens is 1. The zero-order chi connectivity index (χ0) is 14.1. The van der Waals surface area contributed by atoms with E-state index in [1.165, 1.54) is 11.3 Å². The molecule has 104 valence electrons. The minimum absolute atomic E-state index is 0.372. The number of fused-ring (bicyclic) bond motifs is 1. The van der Waals surface area contributed by atoms with Crippen LogP contribution in [-0.4, -0.2) is 27.9 Å². The van der Waals surface area contributed by atoms with Gasteiger partial charge in [-0.2, -0.15) is 0 Å². The van der Waals surface area contributed by atoms with Crippen LogP contribution < -0.4 is 4.90 Å². The Balaban J connectivity index is 2.00. The molecule has 0 saturated heterocycles. The molecular formula is C14H14N2O2S2. The van der Waals surface area contributed by atoms with Crippen LogP contribution >= 0.6 is 23.1 Å². The van der Waals surface area contributed by atoms with Gasteiger partial charge >= 0.3 is 5.97 Å². The van der Waals surface area contributed by atoms with Gasteiger partial charge in [-0.25, -0.2) is 9.78 Å². The van der Waals surface area contributed by atoms with Gasteiger partial charge in [0.05, 0.1) is 10.7 Å². The highest BCUT2D eigenvalue weighted by atomic mass is 32.2. The number of thioether (sulfide) groups is 1. The van der Waals surface area contributed by atoms with Crippen molar-refractivity contribution < 1.29 is 9.90 Å². The molecule has 0 bridgehead atoms.